The summed E-state index contributed by atoms with van der Waals surface area (Å²) in [6.07, 6.45) is -10.1. The zero-order valence-corrected chi connectivity index (χ0v) is 22.1. The number of hydrogen-bond donors (Lipinski definition) is 11. The molecule has 1 saturated carbocycles. The summed E-state index contributed by atoms with van der Waals surface area (Å²) >= 11 is 0. The number of amides is 1. The number of rotatable bonds is 11. The minimum Gasteiger partial charge on any atom is -0.394 e. The number of carbonyl (C=O) groups excluding carboxylic acids is 1. The predicted octanol–water partition coefficient (Wildman–Crippen LogP) is -6.63. The first kappa shape index (κ1) is 32.4. The molecule has 0 aromatic rings. The molecule has 10 unspecified atom stereocenters. The van der Waals surface area contributed by atoms with Crippen molar-refractivity contribution in [1.82, 2.24) is 10.6 Å². The Morgan fingerprint density at radius 3 is 2.36 bits per heavy atom. The molecule has 15 atom stereocenters. The van der Waals surface area contributed by atoms with Crippen LogP contribution in [0.1, 0.15) is 19.8 Å². The lowest BCUT2D eigenvalue weighted by molar-refractivity contribution is -0.355. The Bertz CT molecular complexity index is 787. The molecule has 0 aromatic heterocycles. The van der Waals surface area contributed by atoms with Crippen molar-refractivity contribution < 1.29 is 48.9 Å². The van der Waals surface area contributed by atoms with Gasteiger partial charge in [-0.1, -0.05) is 0 Å². The molecule has 39 heavy (non-hydrogen) atoms. The van der Waals surface area contributed by atoms with Gasteiger partial charge >= 0.3 is 0 Å². The van der Waals surface area contributed by atoms with E-state index in [9.17, 15) is 25.2 Å². The van der Waals surface area contributed by atoms with Gasteiger partial charge in [-0.3, -0.25) is 4.79 Å². The van der Waals surface area contributed by atoms with Crippen molar-refractivity contribution in [2.24, 2.45) is 28.7 Å². The van der Waals surface area contributed by atoms with Gasteiger partial charge in [0, 0.05) is 18.6 Å². The standard InChI is InChI=1S/C22H45N7O10/c1-7(6-30)35-22(29-19(34)11(31)5-23)39-21-14(28-2)16(33)18-12(36-21)4-10(26)20(38-18)37-17-9(25)3-8(24)15(32)13(17)27/h7-18,20-22,28,30-33H,3-6,23-27H2,1-2H3,(H,29,34)/t7?,8-,9?,10?,11+,12+,13?,14?,15?,16?,17-,18?,20+,21?,22?/m1/s1. The summed E-state index contributed by atoms with van der Waals surface area (Å²) in [6, 6.07) is -3.61. The molecule has 0 radical (unpaired) electrons. The molecular weight excluding hydrogens is 522 g/mol. The third-order valence-corrected chi connectivity index (χ3v) is 7.28. The van der Waals surface area contributed by atoms with Gasteiger partial charge in [-0.2, -0.15) is 0 Å². The second-order valence-corrected chi connectivity index (χ2v) is 10.3. The molecule has 3 fully saturated rings. The molecule has 3 rings (SSSR count). The van der Waals surface area contributed by atoms with E-state index in [1.165, 1.54) is 6.92 Å². The zero-order chi connectivity index (χ0) is 29.0. The van der Waals surface area contributed by atoms with Crippen LogP contribution in [0.4, 0.5) is 0 Å². The minimum atomic E-state index is -1.52. The number of nitrogens with one attached hydrogen (secondary N) is 2. The summed E-state index contributed by atoms with van der Waals surface area (Å²) < 4.78 is 29.5. The molecule has 0 bridgehead atoms. The largest absolute Gasteiger partial charge is 0.394 e. The fourth-order valence-corrected chi connectivity index (χ4v) is 4.96. The van der Waals surface area contributed by atoms with Crippen LogP contribution in [-0.2, 0) is 28.5 Å². The van der Waals surface area contributed by atoms with Gasteiger partial charge in [0.25, 0.3) is 5.91 Å². The van der Waals surface area contributed by atoms with Gasteiger partial charge in [-0.25, -0.2) is 0 Å². The number of nitrogens with two attached hydrogens (primary N) is 5. The van der Waals surface area contributed by atoms with E-state index in [1.807, 2.05) is 0 Å². The second kappa shape index (κ2) is 14.2. The highest BCUT2D eigenvalue weighted by molar-refractivity contribution is 5.80. The first-order valence-corrected chi connectivity index (χ1v) is 13.0. The van der Waals surface area contributed by atoms with E-state index in [4.69, 9.17) is 52.4 Å². The second-order valence-electron chi connectivity index (χ2n) is 10.3. The van der Waals surface area contributed by atoms with E-state index in [0.717, 1.165) is 0 Å². The van der Waals surface area contributed by atoms with Crippen LogP contribution in [0.15, 0.2) is 0 Å². The lowest BCUT2D eigenvalue weighted by Crippen LogP contribution is -2.70. The third kappa shape index (κ3) is 7.59. The number of ether oxygens (including phenoxy) is 5. The predicted molar refractivity (Wildman–Crippen MR) is 134 cm³/mol. The Hall–Kier alpha value is -1.13. The van der Waals surface area contributed by atoms with Gasteiger partial charge in [-0.15, -0.1) is 0 Å². The summed E-state index contributed by atoms with van der Waals surface area (Å²) in [7, 11) is 1.56. The Kier molecular flexibility index (Phi) is 11.8. The smallest absolute Gasteiger partial charge is 0.253 e. The summed E-state index contributed by atoms with van der Waals surface area (Å²) in [6.45, 7) is 0.816. The molecule has 1 amide bonds. The van der Waals surface area contributed by atoms with Crippen LogP contribution in [0.2, 0.25) is 0 Å². The Morgan fingerprint density at radius 2 is 1.74 bits per heavy atom. The number of aliphatic hydroxyl groups is 4. The molecule has 2 aliphatic heterocycles. The molecule has 16 N–H and O–H groups in total. The molecule has 2 heterocycles. The van der Waals surface area contributed by atoms with E-state index in [2.05, 4.69) is 10.6 Å². The normalized spacial score (nSPS) is 43.3. The topological polar surface area (TPSA) is 298 Å². The average molecular weight is 568 g/mol. The zero-order valence-electron chi connectivity index (χ0n) is 22.1. The molecule has 17 heteroatoms. The monoisotopic (exact) mass is 567 g/mol. The van der Waals surface area contributed by atoms with E-state index in [0.29, 0.717) is 0 Å². The number of carbonyl (C=O) groups is 1. The summed E-state index contributed by atoms with van der Waals surface area (Å²) in [5.74, 6) is -0.865. The maximum absolute atomic E-state index is 12.2. The third-order valence-electron chi connectivity index (χ3n) is 7.28. The number of likely N-dealkylation sites (N-methyl/N-ethyl adjacent to an activating group) is 1. The van der Waals surface area contributed by atoms with Crippen molar-refractivity contribution >= 4 is 5.91 Å². The van der Waals surface area contributed by atoms with Crippen LogP contribution in [0, 0.1) is 0 Å². The van der Waals surface area contributed by atoms with Crippen molar-refractivity contribution in [3.05, 3.63) is 0 Å². The van der Waals surface area contributed by atoms with Crippen LogP contribution < -0.4 is 39.3 Å². The quantitative estimate of drug-likeness (QED) is 0.103. The highest BCUT2D eigenvalue weighted by Gasteiger charge is 2.52. The van der Waals surface area contributed by atoms with Gasteiger partial charge in [-0.05, 0) is 26.8 Å². The minimum absolute atomic E-state index is 0.179. The highest BCUT2D eigenvalue weighted by Crippen LogP contribution is 2.34. The molecule has 0 spiro atoms. The van der Waals surface area contributed by atoms with Gasteiger partial charge in [0.1, 0.15) is 18.3 Å². The van der Waals surface area contributed by atoms with E-state index in [1.54, 1.807) is 7.05 Å². The molecule has 228 valence electrons. The van der Waals surface area contributed by atoms with Crippen LogP contribution in [0.3, 0.4) is 0 Å². The number of hydrogen-bond acceptors (Lipinski definition) is 16. The Balaban J connectivity index is 1.70. The van der Waals surface area contributed by atoms with E-state index >= 15 is 0 Å². The number of aliphatic hydroxyl groups excluding tert-OH is 4. The fourth-order valence-electron chi connectivity index (χ4n) is 4.96. The first-order chi connectivity index (χ1) is 18.4. The lowest BCUT2D eigenvalue weighted by atomic mass is 9.83. The molecular formula is C22H45N7O10. The summed E-state index contributed by atoms with van der Waals surface area (Å²) in [5.41, 5.74) is 29.9. The van der Waals surface area contributed by atoms with Crippen LogP contribution in [0.25, 0.3) is 0 Å². The van der Waals surface area contributed by atoms with Crippen LogP contribution in [-0.4, -0.2) is 138 Å². The summed E-state index contributed by atoms with van der Waals surface area (Å²) in [5, 5.41) is 45.9. The van der Waals surface area contributed by atoms with Crippen molar-refractivity contribution in [2.75, 3.05) is 20.2 Å². The Labute approximate surface area is 226 Å². The van der Waals surface area contributed by atoms with Crippen molar-refractivity contribution in [3.63, 3.8) is 0 Å². The molecule has 0 aromatic carbocycles. The van der Waals surface area contributed by atoms with Crippen LogP contribution >= 0.6 is 0 Å². The van der Waals surface area contributed by atoms with Crippen molar-refractivity contribution in [1.29, 1.82) is 0 Å². The van der Waals surface area contributed by atoms with Crippen LogP contribution in [0.5, 0.6) is 0 Å². The van der Waals surface area contributed by atoms with Gasteiger partial charge in [0.05, 0.1) is 49.1 Å². The maximum Gasteiger partial charge on any atom is 0.253 e. The average Bonchev–Trinajstić information content (AvgIpc) is 2.89. The fraction of sp³-hybridized carbons (Fsp3) is 0.955. The van der Waals surface area contributed by atoms with E-state index in [-0.39, 0.29) is 26.0 Å². The van der Waals surface area contributed by atoms with Gasteiger partial charge in [0.2, 0.25) is 6.41 Å². The Morgan fingerprint density at radius 1 is 1.05 bits per heavy atom. The SMILES string of the molecule is CNC1C(OC(NC(=O)[C@@H](O)CN)OC(C)CO)O[C@H]2CC(N)[C@@H](O[C@@H]3C(N)C[C@@H](N)C(O)C3N)OC2C1O. The number of fused-ring (bicyclic) bond motifs is 1. The van der Waals surface area contributed by atoms with Crippen molar-refractivity contribution in [3.8, 4) is 0 Å². The molecule has 17 nitrogen and oxygen atoms in total. The molecule has 1 aliphatic carbocycles. The van der Waals surface area contributed by atoms with Crippen molar-refractivity contribution in [2.45, 2.75) is 112 Å². The van der Waals surface area contributed by atoms with Gasteiger partial charge in [0.15, 0.2) is 12.6 Å². The molecule has 3 aliphatic rings. The summed E-state index contributed by atoms with van der Waals surface area (Å²) in [4.78, 5) is 12.2. The van der Waals surface area contributed by atoms with Gasteiger partial charge < -0.3 is 83.4 Å². The lowest BCUT2D eigenvalue weighted by Gasteiger charge is -2.51. The maximum atomic E-state index is 12.2. The van der Waals surface area contributed by atoms with E-state index < -0.39 is 97.8 Å². The highest BCUT2D eigenvalue weighted by atomic mass is 16.8. The molecule has 2 saturated heterocycles. The first-order valence-electron chi connectivity index (χ1n) is 13.0.